The van der Waals surface area contributed by atoms with Crippen LogP contribution >= 0.6 is 11.3 Å². The fourth-order valence-corrected chi connectivity index (χ4v) is 2.46. The minimum absolute atomic E-state index is 0.0410. The molecule has 1 aromatic rings. The van der Waals surface area contributed by atoms with E-state index < -0.39 is 11.4 Å². The van der Waals surface area contributed by atoms with E-state index in [-0.39, 0.29) is 6.42 Å². The molecule has 3 nitrogen and oxygen atoms in total. The quantitative estimate of drug-likeness (QED) is 0.760. The summed E-state index contributed by atoms with van der Waals surface area (Å²) in [4.78, 5) is 22.5. The maximum absolute atomic E-state index is 11.2. The Morgan fingerprint density at radius 1 is 1.71 bits per heavy atom. The predicted molar refractivity (Wildman–Crippen MR) is 54.6 cm³/mol. The second-order valence-electron chi connectivity index (χ2n) is 3.09. The smallest absolute Gasteiger partial charge is 0.315 e. The first-order chi connectivity index (χ1) is 6.67. The van der Waals surface area contributed by atoms with E-state index in [9.17, 15) is 14.7 Å². The molecule has 0 saturated carbocycles. The van der Waals surface area contributed by atoms with Gasteiger partial charge in [-0.25, -0.2) is 0 Å². The molecule has 0 aliphatic carbocycles. The highest BCUT2D eigenvalue weighted by Gasteiger charge is 2.39. The number of rotatable bonds is 5. The fraction of sp³-hybridized carbons (Fsp3) is 0.400. The van der Waals surface area contributed by atoms with Crippen molar-refractivity contribution in [3.63, 3.8) is 0 Å². The highest BCUT2D eigenvalue weighted by molar-refractivity contribution is 7.10. The van der Waals surface area contributed by atoms with E-state index in [1.807, 2.05) is 5.38 Å². The molecule has 1 rings (SSSR count). The van der Waals surface area contributed by atoms with Crippen molar-refractivity contribution in [2.45, 2.75) is 25.2 Å². The van der Waals surface area contributed by atoms with Gasteiger partial charge in [0.2, 0.25) is 0 Å². The Labute approximate surface area is 86.4 Å². The highest BCUT2D eigenvalue weighted by Crippen LogP contribution is 2.34. The number of hydrogen-bond acceptors (Lipinski definition) is 3. The molecule has 14 heavy (non-hydrogen) atoms. The van der Waals surface area contributed by atoms with E-state index in [4.69, 9.17) is 0 Å². The number of carboxylic acids is 1. The molecule has 1 unspecified atom stereocenters. The molecule has 76 valence electrons. The van der Waals surface area contributed by atoms with Gasteiger partial charge < -0.3 is 9.90 Å². The fourth-order valence-electron chi connectivity index (χ4n) is 1.46. The van der Waals surface area contributed by atoms with Crippen molar-refractivity contribution in [1.29, 1.82) is 0 Å². The largest absolute Gasteiger partial charge is 0.481 e. The van der Waals surface area contributed by atoms with Crippen LogP contribution in [0.25, 0.3) is 0 Å². The number of carboxylic acid groups (broad SMARTS) is 1. The zero-order valence-corrected chi connectivity index (χ0v) is 8.71. The monoisotopic (exact) mass is 212 g/mol. The van der Waals surface area contributed by atoms with E-state index in [0.717, 1.165) is 4.88 Å². The van der Waals surface area contributed by atoms with E-state index in [0.29, 0.717) is 12.7 Å². The summed E-state index contributed by atoms with van der Waals surface area (Å²) in [5.74, 6) is -0.922. The van der Waals surface area contributed by atoms with Gasteiger partial charge in [-0.05, 0) is 17.9 Å². The van der Waals surface area contributed by atoms with Gasteiger partial charge in [-0.2, -0.15) is 0 Å². The zero-order valence-electron chi connectivity index (χ0n) is 7.90. The molecule has 0 bridgehead atoms. The van der Waals surface area contributed by atoms with Gasteiger partial charge in [0.15, 0.2) is 0 Å². The molecule has 0 radical (unpaired) electrons. The summed E-state index contributed by atoms with van der Waals surface area (Å²) < 4.78 is 0. The molecule has 1 aromatic heterocycles. The molecular formula is C10H12O3S. The Hall–Kier alpha value is -1.16. The molecule has 1 heterocycles. The number of carbonyl (C=O) groups is 2. The molecule has 0 spiro atoms. The van der Waals surface area contributed by atoms with Crippen molar-refractivity contribution in [3.8, 4) is 0 Å². The lowest BCUT2D eigenvalue weighted by molar-refractivity contribution is -0.145. The van der Waals surface area contributed by atoms with Crippen LogP contribution in [0.15, 0.2) is 17.5 Å². The molecule has 0 fully saturated rings. The normalized spacial score (nSPS) is 14.6. The van der Waals surface area contributed by atoms with Crippen LogP contribution in [0, 0.1) is 0 Å². The van der Waals surface area contributed by atoms with E-state index in [1.54, 1.807) is 19.1 Å². The van der Waals surface area contributed by atoms with Crippen molar-refractivity contribution >= 4 is 23.6 Å². The second-order valence-corrected chi connectivity index (χ2v) is 4.04. The van der Waals surface area contributed by atoms with Crippen LogP contribution in [0.2, 0.25) is 0 Å². The Morgan fingerprint density at radius 2 is 2.43 bits per heavy atom. The summed E-state index contributed by atoms with van der Waals surface area (Å²) in [5.41, 5.74) is -1.02. The molecule has 0 amide bonds. The maximum atomic E-state index is 11.2. The topological polar surface area (TPSA) is 54.4 Å². The van der Waals surface area contributed by atoms with Gasteiger partial charge in [-0.3, -0.25) is 4.79 Å². The van der Waals surface area contributed by atoms with Gasteiger partial charge in [-0.15, -0.1) is 11.3 Å². The van der Waals surface area contributed by atoms with Gasteiger partial charge in [0.1, 0.15) is 11.7 Å². The third-order valence-corrected chi connectivity index (χ3v) is 3.51. The lowest BCUT2D eigenvalue weighted by Crippen LogP contribution is -2.34. The Kier molecular flexibility index (Phi) is 3.41. The van der Waals surface area contributed by atoms with Crippen LogP contribution < -0.4 is 0 Å². The highest BCUT2D eigenvalue weighted by atomic mass is 32.1. The maximum Gasteiger partial charge on any atom is 0.315 e. The van der Waals surface area contributed by atoms with E-state index in [2.05, 4.69) is 0 Å². The minimum Gasteiger partial charge on any atom is -0.481 e. The van der Waals surface area contributed by atoms with Crippen LogP contribution in [-0.2, 0) is 15.0 Å². The van der Waals surface area contributed by atoms with Gasteiger partial charge in [-0.1, -0.05) is 13.0 Å². The Bertz CT molecular complexity index is 318. The van der Waals surface area contributed by atoms with Gasteiger partial charge >= 0.3 is 5.97 Å². The summed E-state index contributed by atoms with van der Waals surface area (Å²) in [7, 11) is 0. The molecule has 0 aliphatic heterocycles. The Morgan fingerprint density at radius 3 is 2.79 bits per heavy atom. The van der Waals surface area contributed by atoms with Crippen molar-refractivity contribution in [2.24, 2.45) is 0 Å². The number of aliphatic carboxylic acids is 1. The first-order valence-corrected chi connectivity index (χ1v) is 5.26. The predicted octanol–water partition coefficient (Wildman–Crippen LogP) is 2.07. The van der Waals surface area contributed by atoms with Gasteiger partial charge in [0, 0.05) is 11.3 Å². The molecule has 0 aromatic carbocycles. The summed E-state index contributed by atoms with van der Waals surface area (Å²) in [5, 5.41) is 11.0. The minimum atomic E-state index is -1.02. The van der Waals surface area contributed by atoms with Crippen molar-refractivity contribution in [1.82, 2.24) is 0 Å². The first-order valence-electron chi connectivity index (χ1n) is 4.38. The van der Waals surface area contributed by atoms with Gasteiger partial charge in [0.05, 0.1) is 0 Å². The molecule has 0 aliphatic rings. The van der Waals surface area contributed by atoms with Crippen molar-refractivity contribution in [2.75, 3.05) is 0 Å². The average molecular weight is 212 g/mol. The number of carbonyl (C=O) groups excluding carboxylic acids is 1. The summed E-state index contributed by atoms with van der Waals surface area (Å²) in [6.45, 7) is 1.79. The lowest BCUT2D eigenvalue weighted by atomic mass is 9.81. The standard InChI is InChI=1S/C10H12O3S/c1-2-10(5-6-11,9(12)13)8-4-3-7-14-8/h3-4,6-7H,2,5H2,1H3,(H,12,13). The van der Waals surface area contributed by atoms with Crippen molar-refractivity contribution in [3.05, 3.63) is 22.4 Å². The number of aldehydes is 1. The van der Waals surface area contributed by atoms with Crippen LogP contribution in [0.3, 0.4) is 0 Å². The summed E-state index contributed by atoms with van der Waals surface area (Å²) >= 11 is 1.38. The Balaban J connectivity index is 3.13. The van der Waals surface area contributed by atoms with Crippen LogP contribution in [-0.4, -0.2) is 17.4 Å². The average Bonchev–Trinajstić information content (AvgIpc) is 2.66. The van der Waals surface area contributed by atoms with Crippen LogP contribution in [0.4, 0.5) is 0 Å². The molecular weight excluding hydrogens is 200 g/mol. The molecule has 1 atom stereocenters. The van der Waals surface area contributed by atoms with E-state index >= 15 is 0 Å². The number of thiophene rings is 1. The zero-order chi connectivity index (χ0) is 10.6. The molecule has 4 heteroatoms. The van der Waals surface area contributed by atoms with Crippen LogP contribution in [0.5, 0.6) is 0 Å². The number of hydrogen-bond donors (Lipinski definition) is 1. The van der Waals surface area contributed by atoms with Gasteiger partial charge in [0.25, 0.3) is 0 Å². The lowest BCUT2D eigenvalue weighted by Gasteiger charge is -2.24. The van der Waals surface area contributed by atoms with Crippen LogP contribution in [0.1, 0.15) is 24.6 Å². The summed E-state index contributed by atoms with van der Waals surface area (Å²) in [6, 6.07) is 3.57. The second kappa shape index (κ2) is 4.37. The first kappa shape index (κ1) is 10.9. The molecule has 1 N–H and O–H groups in total. The van der Waals surface area contributed by atoms with E-state index in [1.165, 1.54) is 11.3 Å². The van der Waals surface area contributed by atoms with Crippen molar-refractivity contribution < 1.29 is 14.7 Å². The summed E-state index contributed by atoms with van der Waals surface area (Å²) in [6.07, 6.45) is 1.15. The third-order valence-electron chi connectivity index (χ3n) is 2.44. The SMILES string of the molecule is CCC(CC=O)(C(=O)O)c1cccs1. The molecule has 0 saturated heterocycles. The third kappa shape index (κ3) is 1.70.